The number of aromatic nitrogens is 2. The number of hydrogen-bond donors (Lipinski definition) is 1. The number of benzene rings is 2. The van der Waals surface area contributed by atoms with Gasteiger partial charge in [-0.15, -0.1) is 0 Å². The second-order valence-electron chi connectivity index (χ2n) is 5.53. The van der Waals surface area contributed by atoms with Crippen LogP contribution in [0.15, 0.2) is 70.6 Å². The number of aryl methyl sites for hydroxylation is 1. The van der Waals surface area contributed by atoms with Crippen LogP contribution >= 0.6 is 23.4 Å². The Kier molecular flexibility index (Phi) is 5.75. The Bertz CT molecular complexity index is 972. The van der Waals surface area contributed by atoms with Crippen molar-refractivity contribution in [1.82, 2.24) is 9.55 Å². The highest BCUT2D eigenvalue weighted by molar-refractivity contribution is 7.99. The molecule has 0 unspecified atom stereocenters. The van der Waals surface area contributed by atoms with Gasteiger partial charge < -0.3 is 5.32 Å². The molecule has 0 radical (unpaired) electrons. The van der Waals surface area contributed by atoms with Crippen molar-refractivity contribution in [2.24, 2.45) is 0 Å². The molecule has 0 spiro atoms. The number of thioether (sulfide) groups is 1. The molecule has 26 heavy (non-hydrogen) atoms. The molecule has 0 aliphatic rings. The molecule has 0 bridgehead atoms. The summed E-state index contributed by atoms with van der Waals surface area (Å²) in [5, 5.41) is 3.88. The van der Waals surface area contributed by atoms with Gasteiger partial charge in [-0.3, -0.25) is 14.2 Å². The Morgan fingerprint density at radius 2 is 1.85 bits per heavy atom. The summed E-state index contributed by atoms with van der Waals surface area (Å²) in [7, 11) is 0. The van der Waals surface area contributed by atoms with E-state index in [0.29, 0.717) is 27.2 Å². The second kappa shape index (κ2) is 8.21. The molecule has 1 heterocycles. The molecular weight excluding hydrogens is 370 g/mol. The predicted molar refractivity (Wildman–Crippen MR) is 105 cm³/mol. The Morgan fingerprint density at radius 1 is 1.15 bits per heavy atom. The molecule has 1 amide bonds. The van der Waals surface area contributed by atoms with Crippen LogP contribution in [0.1, 0.15) is 5.69 Å². The smallest absolute Gasteiger partial charge is 0.258 e. The SMILES string of the molecule is Cc1cc(=O)n(-c2ccccc2)c(SCC(=O)Nc2ccc(Cl)cc2)n1. The minimum atomic E-state index is -0.187. The molecule has 1 N–H and O–H groups in total. The van der Waals surface area contributed by atoms with Gasteiger partial charge in [0.25, 0.3) is 5.56 Å². The maximum absolute atomic E-state index is 12.4. The normalized spacial score (nSPS) is 10.5. The standard InChI is InChI=1S/C19H16ClN3O2S/c1-13-11-18(25)23(16-5-3-2-4-6-16)19(21-13)26-12-17(24)22-15-9-7-14(20)8-10-15/h2-11H,12H2,1H3,(H,22,24). The first-order chi connectivity index (χ1) is 12.5. The van der Waals surface area contributed by atoms with Gasteiger partial charge >= 0.3 is 0 Å². The molecule has 0 saturated carbocycles. The number of rotatable bonds is 5. The zero-order valence-electron chi connectivity index (χ0n) is 14.0. The third-order valence-corrected chi connectivity index (χ3v) is 4.68. The second-order valence-corrected chi connectivity index (χ2v) is 6.91. The molecule has 7 heteroatoms. The third-order valence-electron chi connectivity index (χ3n) is 3.49. The lowest BCUT2D eigenvalue weighted by molar-refractivity contribution is -0.113. The van der Waals surface area contributed by atoms with Crippen molar-refractivity contribution in [2.75, 3.05) is 11.1 Å². The van der Waals surface area contributed by atoms with Crippen LogP contribution in [0.4, 0.5) is 5.69 Å². The number of carbonyl (C=O) groups excluding carboxylic acids is 1. The van der Waals surface area contributed by atoms with Crippen LogP contribution in [0.3, 0.4) is 0 Å². The average Bonchev–Trinajstić information content (AvgIpc) is 2.62. The van der Waals surface area contributed by atoms with Crippen LogP contribution in [0.2, 0.25) is 5.02 Å². The van der Waals surface area contributed by atoms with E-state index < -0.39 is 0 Å². The van der Waals surface area contributed by atoms with Gasteiger partial charge in [-0.1, -0.05) is 41.6 Å². The predicted octanol–water partition coefficient (Wildman–Crippen LogP) is 3.93. The van der Waals surface area contributed by atoms with Gasteiger partial charge in [0.15, 0.2) is 5.16 Å². The van der Waals surface area contributed by atoms with Crippen LogP contribution in [0, 0.1) is 6.92 Å². The first-order valence-electron chi connectivity index (χ1n) is 7.87. The number of para-hydroxylation sites is 1. The first-order valence-corrected chi connectivity index (χ1v) is 9.23. The maximum Gasteiger partial charge on any atom is 0.258 e. The largest absolute Gasteiger partial charge is 0.325 e. The third kappa shape index (κ3) is 4.53. The van der Waals surface area contributed by atoms with Crippen molar-refractivity contribution < 1.29 is 4.79 Å². The molecule has 5 nitrogen and oxygen atoms in total. The average molecular weight is 386 g/mol. The van der Waals surface area contributed by atoms with E-state index in [1.54, 1.807) is 31.2 Å². The maximum atomic E-state index is 12.4. The minimum Gasteiger partial charge on any atom is -0.325 e. The number of nitrogens with zero attached hydrogens (tertiary/aromatic N) is 2. The number of halogens is 1. The summed E-state index contributed by atoms with van der Waals surface area (Å²) >= 11 is 7.05. The van der Waals surface area contributed by atoms with Crippen LogP contribution < -0.4 is 10.9 Å². The molecule has 0 fully saturated rings. The fraction of sp³-hybridized carbons (Fsp3) is 0.105. The summed E-state index contributed by atoms with van der Waals surface area (Å²) in [5.74, 6) is -0.0570. The van der Waals surface area contributed by atoms with Crippen LogP contribution in [-0.2, 0) is 4.79 Å². The van der Waals surface area contributed by atoms with Gasteiger partial charge in [-0.05, 0) is 43.3 Å². The van der Waals surface area contributed by atoms with Crippen LogP contribution in [-0.4, -0.2) is 21.2 Å². The van der Waals surface area contributed by atoms with Crippen molar-refractivity contribution in [3.05, 3.63) is 81.7 Å². The lowest BCUT2D eigenvalue weighted by atomic mass is 10.3. The fourth-order valence-corrected chi connectivity index (χ4v) is 3.33. The number of amides is 1. The van der Waals surface area contributed by atoms with Crippen molar-refractivity contribution in [2.45, 2.75) is 12.1 Å². The van der Waals surface area contributed by atoms with E-state index in [1.807, 2.05) is 30.3 Å². The molecule has 132 valence electrons. The summed E-state index contributed by atoms with van der Waals surface area (Å²) in [6.45, 7) is 1.76. The molecule has 0 aliphatic heterocycles. The zero-order valence-corrected chi connectivity index (χ0v) is 15.6. The Labute approximate surface area is 160 Å². The summed E-state index contributed by atoms with van der Waals surface area (Å²) in [6, 6.07) is 17.6. The Hall–Kier alpha value is -2.57. The van der Waals surface area contributed by atoms with Gasteiger partial charge in [-0.25, -0.2) is 4.98 Å². The molecule has 1 aromatic heterocycles. The van der Waals surface area contributed by atoms with E-state index in [9.17, 15) is 9.59 Å². The quantitative estimate of drug-likeness (QED) is 0.534. The lowest BCUT2D eigenvalue weighted by Gasteiger charge is -2.12. The van der Waals surface area contributed by atoms with Gasteiger partial charge in [0.1, 0.15) is 0 Å². The summed E-state index contributed by atoms with van der Waals surface area (Å²) in [6.07, 6.45) is 0. The monoisotopic (exact) mass is 385 g/mol. The summed E-state index contributed by atoms with van der Waals surface area (Å²) < 4.78 is 1.51. The van der Waals surface area contributed by atoms with Gasteiger partial charge in [0.05, 0.1) is 11.4 Å². The highest BCUT2D eigenvalue weighted by Gasteiger charge is 2.12. The van der Waals surface area contributed by atoms with Crippen molar-refractivity contribution in [3.8, 4) is 5.69 Å². The van der Waals surface area contributed by atoms with Crippen LogP contribution in [0.5, 0.6) is 0 Å². The van der Waals surface area contributed by atoms with Gasteiger partial charge in [-0.2, -0.15) is 0 Å². The zero-order chi connectivity index (χ0) is 18.5. The number of nitrogens with one attached hydrogen (secondary N) is 1. The fourth-order valence-electron chi connectivity index (χ4n) is 2.34. The summed E-state index contributed by atoms with van der Waals surface area (Å²) in [4.78, 5) is 29.1. The van der Waals surface area contributed by atoms with E-state index >= 15 is 0 Å². The highest BCUT2D eigenvalue weighted by atomic mass is 35.5. The van der Waals surface area contributed by atoms with E-state index in [2.05, 4.69) is 10.3 Å². The molecule has 0 aliphatic carbocycles. The van der Waals surface area contributed by atoms with Gasteiger partial charge in [0.2, 0.25) is 5.91 Å². The molecular formula is C19H16ClN3O2S. The molecule has 0 atom stereocenters. The summed E-state index contributed by atoms with van der Waals surface area (Å²) in [5.41, 5.74) is 1.82. The van der Waals surface area contributed by atoms with Crippen molar-refractivity contribution in [3.63, 3.8) is 0 Å². The number of anilines is 1. The Balaban J connectivity index is 1.78. The highest BCUT2D eigenvalue weighted by Crippen LogP contribution is 2.19. The first kappa shape index (κ1) is 18.2. The van der Waals surface area contributed by atoms with Crippen molar-refractivity contribution in [1.29, 1.82) is 0 Å². The molecule has 0 saturated heterocycles. The molecule has 3 aromatic rings. The van der Waals surface area contributed by atoms with Crippen LogP contribution in [0.25, 0.3) is 5.69 Å². The van der Waals surface area contributed by atoms with Gasteiger partial charge in [0, 0.05) is 22.5 Å². The minimum absolute atomic E-state index is 0.130. The Morgan fingerprint density at radius 3 is 2.54 bits per heavy atom. The van der Waals surface area contributed by atoms with E-state index in [-0.39, 0.29) is 17.2 Å². The molecule has 2 aromatic carbocycles. The van der Waals surface area contributed by atoms with E-state index in [0.717, 1.165) is 0 Å². The molecule has 3 rings (SSSR count). The van der Waals surface area contributed by atoms with E-state index in [1.165, 1.54) is 22.4 Å². The number of hydrogen-bond acceptors (Lipinski definition) is 4. The topological polar surface area (TPSA) is 64.0 Å². The number of carbonyl (C=O) groups is 1. The van der Waals surface area contributed by atoms with Crippen molar-refractivity contribution >= 4 is 35.0 Å². The van der Waals surface area contributed by atoms with E-state index in [4.69, 9.17) is 11.6 Å². The lowest BCUT2D eigenvalue weighted by Crippen LogP contribution is -2.22.